The van der Waals surface area contributed by atoms with Gasteiger partial charge in [-0.25, -0.2) is 8.78 Å². The molecular formula is C30H25ClF2N4O. The van der Waals surface area contributed by atoms with Crippen LogP contribution in [0.15, 0.2) is 85.2 Å². The summed E-state index contributed by atoms with van der Waals surface area (Å²) >= 11 is 6.08. The number of benzene rings is 3. The van der Waals surface area contributed by atoms with E-state index in [4.69, 9.17) is 17.3 Å². The molecule has 0 saturated carbocycles. The third-order valence-electron chi connectivity index (χ3n) is 6.44. The first-order valence-corrected chi connectivity index (χ1v) is 12.5. The topological polar surface area (TPSA) is 83.8 Å². The predicted molar refractivity (Wildman–Crippen MR) is 146 cm³/mol. The second-order valence-electron chi connectivity index (χ2n) is 9.12. The molecule has 0 spiro atoms. The number of carbonyl (C=O) groups excluding carboxylic acids is 1. The van der Waals surface area contributed by atoms with Crippen molar-refractivity contribution in [1.29, 1.82) is 0 Å². The Kier molecular flexibility index (Phi) is 7.49. The summed E-state index contributed by atoms with van der Waals surface area (Å²) < 4.78 is 28.0. The molecule has 5 rings (SSSR count). The van der Waals surface area contributed by atoms with Gasteiger partial charge in [0.15, 0.2) is 0 Å². The molecule has 2 heterocycles. The van der Waals surface area contributed by atoms with E-state index in [1.165, 1.54) is 12.1 Å². The van der Waals surface area contributed by atoms with E-state index in [9.17, 15) is 13.6 Å². The summed E-state index contributed by atoms with van der Waals surface area (Å²) in [5, 5.41) is 4.59. The van der Waals surface area contributed by atoms with E-state index >= 15 is 0 Å². The van der Waals surface area contributed by atoms with Crippen molar-refractivity contribution in [2.24, 2.45) is 5.73 Å². The van der Waals surface area contributed by atoms with Gasteiger partial charge in [0.25, 0.3) is 0 Å². The molecule has 192 valence electrons. The maximum Gasteiger partial charge on any atom is 0.225 e. The largest absolute Gasteiger partial charge is 0.361 e. The third-order valence-corrected chi connectivity index (χ3v) is 6.69. The first-order valence-electron chi connectivity index (χ1n) is 12.1. The van der Waals surface area contributed by atoms with E-state index in [-0.39, 0.29) is 18.7 Å². The fourth-order valence-corrected chi connectivity index (χ4v) is 4.80. The Morgan fingerprint density at radius 2 is 1.76 bits per heavy atom. The highest BCUT2D eigenvalue weighted by Gasteiger charge is 2.22. The normalized spacial score (nSPS) is 12.0. The van der Waals surface area contributed by atoms with Crippen molar-refractivity contribution < 1.29 is 13.6 Å². The zero-order valence-corrected chi connectivity index (χ0v) is 21.1. The number of H-pyrrole nitrogens is 1. The fraction of sp³-hybridized carbons (Fsp3) is 0.133. The Balaban J connectivity index is 1.48. The number of amides is 1. The Bertz CT molecular complexity index is 1580. The molecule has 5 aromatic rings. The molecule has 0 aliphatic rings. The summed E-state index contributed by atoms with van der Waals surface area (Å²) in [6.07, 6.45) is 3.70. The van der Waals surface area contributed by atoms with E-state index in [0.29, 0.717) is 22.8 Å². The van der Waals surface area contributed by atoms with Crippen LogP contribution in [-0.4, -0.2) is 15.9 Å². The number of hydrogen-bond donors (Lipinski definition) is 3. The molecule has 38 heavy (non-hydrogen) atoms. The minimum Gasteiger partial charge on any atom is -0.361 e. The first kappa shape index (κ1) is 25.6. The van der Waals surface area contributed by atoms with Crippen LogP contribution in [0.5, 0.6) is 0 Å². The number of aromatic nitrogens is 2. The van der Waals surface area contributed by atoms with E-state index in [1.807, 2.05) is 36.4 Å². The zero-order chi connectivity index (χ0) is 26.6. The summed E-state index contributed by atoms with van der Waals surface area (Å²) in [4.78, 5) is 21.1. The minimum absolute atomic E-state index is 0.110. The Hall–Kier alpha value is -4.07. The minimum atomic E-state index is -0.681. The lowest BCUT2D eigenvalue weighted by Crippen LogP contribution is -2.32. The lowest BCUT2D eigenvalue weighted by Gasteiger charge is -2.22. The second kappa shape index (κ2) is 11.1. The van der Waals surface area contributed by atoms with Gasteiger partial charge in [-0.15, -0.1) is 0 Å². The van der Waals surface area contributed by atoms with Crippen LogP contribution in [0.3, 0.4) is 0 Å². The standard InChI is InChI=1S/C30H25ClF2N4O/c31-22-6-4-20(5-7-22)26-2-1-9-35-30(26)28(13-19-10-23(32)15-24(33)11-19)37-29(38)14-21-17-36-27-12-18(16-34)3-8-25(21)27/h1-12,15,17,28,36H,13-14,16,34H2,(H,37,38). The molecule has 4 N–H and O–H groups in total. The van der Waals surface area contributed by atoms with Crippen molar-refractivity contribution in [3.8, 4) is 11.1 Å². The molecule has 8 heteroatoms. The quantitative estimate of drug-likeness (QED) is 0.221. The SMILES string of the molecule is NCc1ccc2c(CC(=O)NC(Cc3cc(F)cc(F)c3)c3ncccc3-c3ccc(Cl)cc3)c[nH]c2c1. The summed E-state index contributed by atoms with van der Waals surface area (Å²) in [6.45, 7) is 0.424. The molecule has 0 bridgehead atoms. The molecule has 2 aromatic heterocycles. The molecule has 3 aromatic carbocycles. The van der Waals surface area contributed by atoms with Crippen molar-refractivity contribution in [3.05, 3.63) is 124 Å². The Morgan fingerprint density at radius 1 is 1.00 bits per heavy atom. The molecule has 0 radical (unpaired) electrons. The average molecular weight is 531 g/mol. The third kappa shape index (κ3) is 5.74. The molecule has 5 nitrogen and oxygen atoms in total. The van der Waals surface area contributed by atoms with Crippen LogP contribution in [0, 0.1) is 11.6 Å². The smallest absolute Gasteiger partial charge is 0.225 e. The summed E-state index contributed by atoms with van der Waals surface area (Å²) in [7, 11) is 0. The monoisotopic (exact) mass is 530 g/mol. The van der Waals surface area contributed by atoms with Crippen molar-refractivity contribution in [2.75, 3.05) is 0 Å². The molecule has 1 unspecified atom stereocenters. The van der Waals surface area contributed by atoms with E-state index in [1.54, 1.807) is 30.6 Å². The molecule has 0 aliphatic heterocycles. The van der Waals surface area contributed by atoms with Gasteiger partial charge >= 0.3 is 0 Å². The van der Waals surface area contributed by atoms with Gasteiger partial charge in [0.2, 0.25) is 5.91 Å². The first-order chi connectivity index (χ1) is 18.4. The summed E-state index contributed by atoms with van der Waals surface area (Å²) in [5.41, 5.74) is 11.1. The summed E-state index contributed by atoms with van der Waals surface area (Å²) in [6, 6.07) is 19.5. The number of hydrogen-bond acceptors (Lipinski definition) is 3. The lowest BCUT2D eigenvalue weighted by atomic mass is 9.95. The van der Waals surface area contributed by atoms with Gasteiger partial charge in [0, 0.05) is 46.5 Å². The van der Waals surface area contributed by atoms with Gasteiger partial charge in [0.05, 0.1) is 18.2 Å². The van der Waals surface area contributed by atoms with E-state index < -0.39 is 17.7 Å². The average Bonchev–Trinajstić information content (AvgIpc) is 3.29. The number of halogens is 3. The number of rotatable bonds is 8. The van der Waals surface area contributed by atoms with E-state index in [0.717, 1.165) is 39.2 Å². The van der Waals surface area contributed by atoms with Crippen molar-refractivity contribution in [1.82, 2.24) is 15.3 Å². The lowest BCUT2D eigenvalue weighted by molar-refractivity contribution is -0.121. The maximum atomic E-state index is 14.0. The maximum absolute atomic E-state index is 14.0. The van der Waals surface area contributed by atoms with Crippen LogP contribution < -0.4 is 11.1 Å². The van der Waals surface area contributed by atoms with Gasteiger partial charge in [-0.2, -0.15) is 0 Å². The van der Waals surface area contributed by atoms with Crippen molar-refractivity contribution in [3.63, 3.8) is 0 Å². The molecule has 0 fully saturated rings. The highest BCUT2D eigenvalue weighted by atomic mass is 35.5. The van der Waals surface area contributed by atoms with Crippen LogP contribution in [-0.2, 0) is 24.2 Å². The number of carbonyl (C=O) groups is 1. The van der Waals surface area contributed by atoms with Crippen LogP contribution >= 0.6 is 11.6 Å². The highest BCUT2D eigenvalue weighted by Crippen LogP contribution is 2.30. The molecular weight excluding hydrogens is 506 g/mol. The number of aromatic amines is 1. The second-order valence-corrected chi connectivity index (χ2v) is 9.56. The van der Waals surface area contributed by atoms with Gasteiger partial charge in [0.1, 0.15) is 11.6 Å². The molecule has 1 amide bonds. The molecule has 0 aliphatic carbocycles. The van der Waals surface area contributed by atoms with E-state index in [2.05, 4.69) is 15.3 Å². The van der Waals surface area contributed by atoms with Crippen LogP contribution in [0.25, 0.3) is 22.0 Å². The van der Waals surface area contributed by atoms with Crippen LogP contribution in [0.1, 0.15) is 28.4 Å². The zero-order valence-electron chi connectivity index (χ0n) is 20.3. The number of nitrogens with two attached hydrogens (primary N) is 1. The molecule has 1 atom stereocenters. The number of nitrogens with one attached hydrogen (secondary N) is 2. The highest BCUT2D eigenvalue weighted by molar-refractivity contribution is 6.30. The molecule has 0 saturated heterocycles. The fourth-order valence-electron chi connectivity index (χ4n) is 4.67. The Labute approximate surface area is 223 Å². The van der Waals surface area contributed by atoms with Gasteiger partial charge in [-0.05, 0) is 65.1 Å². The summed E-state index contributed by atoms with van der Waals surface area (Å²) in [5.74, 6) is -1.61. The van der Waals surface area contributed by atoms with Gasteiger partial charge in [-0.3, -0.25) is 9.78 Å². The number of pyridine rings is 1. The van der Waals surface area contributed by atoms with Crippen LogP contribution in [0.4, 0.5) is 8.78 Å². The van der Waals surface area contributed by atoms with Gasteiger partial charge in [-0.1, -0.05) is 41.9 Å². The number of fused-ring (bicyclic) bond motifs is 1. The van der Waals surface area contributed by atoms with Crippen molar-refractivity contribution >= 4 is 28.4 Å². The van der Waals surface area contributed by atoms with Gasteiger partial charge < -0.3 is 16.0 Å². The number of nitrogens with zero attached hydrogens (tertiary/aromatic N) is 1. The van der Waals surface area contributed by atoms with Crippen molar-refractivity contribution in [2.45, 2.75) is 25.4 Å². The predicted octanol–water partition coefficient (Wildman–Crippen LogP) is 6.26. The Morgan fingerprint density at radius 3 is 2.50 bits per heavy atom. The van der Waals surface area contributed by atoms with Crippen LogP contribution in [0.2, 0.25) is 5.02 Å².